The van der Waals surface area contributed by atoms with Crippen LogP contribution < -0.4 is 11.3 Å². The Morgan fingerprint density at radius 2 is 1.86 bits per heavy atom. The van der Waals surface area contributed by atoms with Crippen LogP contribution in [-0.2, 0) is 6.18 Å². The van der Waals surface area contributed by atoms with Crippen LogP contribution in [0.5, 0.6) is 0 Å². The van der Waals surface area contributed by atoms with Crippen molar-refractivity contribution in [3.63, 3.8) is 0 Å². The Bertz CT molecular complexity index is 486. The molecule has 0 amide bonds. The van der Waals surface area contributed by atoms with Crippen molar-refractivity contribution in [1.29, 1.82) is 0 Å². The summed E-state index contributed by atoms with van der Waals surface area (Å²) in [7, 11) is 3.88. The van der Waals surface area contributed by atoms with Crippen molar-refractivity contribution < 1.29 is 13.2 Å². The molecule has 120 valence electrons. The molecule has 6 heteroatoms. The number of alkyl halides is 3. The third-order valence-electron chi connectivity index (χ3n) is 4.43. The summed E-state index contributed by atoms with van der Waals surface area (Å²) < 4.78 is 38.3. The van der Waals surface area contributed by atoms with Gasteiger partial charge < -0.3 is 4.90 Å². The third-order valence-corrected chi connectivity index (χ3v) is 4.43. The maximum atomic E-state index is 12.8. The summed E-state index contributed by atoms with van der Waals surface area (Å²) >= 11 is 0. The van der Waals surface area contributed by atoms with Crippen molar-refractivity contribution in [1.82, 2.24) is 10.3 Å². The van der Waals surface area contributed by atoms with E-state index >= 15 is 0 Å². The minimum Gasteiger partial charge on any atom is -0.302 e. The van der Waals surface area contributed by atoms with Crippen molar-refractivity contribution in [3.8, 4) is 0 Å². The van der Waals surface area contributed by atoms with Gasteiger partial charge in [0.1, 0.15) is 0 Å². The number of hydrogen-bond acceptors (Lipinski definition) is 3. The average molecular weight is 303 g/mol. The molecule has 0 bridgehead atoms. The quantitative estimate of drug-likeness (QED) is 0.648. The van der Waals surface area contributed by atoms with Gasteiger partial charge in [-0.05, 0) is 57.6 Å². The minimum absolute atomic E-state index is 0.264. The van der Waals surface area contributed by atoms with Crippen LogP contribution in [0.1, 0.15) is 43.0 Å². The Morgan fingerprint density at radius 3 is 2.19 bits per heavy atom. The maximum Gasteiger partial charge on any atom is 0.416 e. The van der Waals surface area contributed by atoms with E-state index in [-0.39, 0.29) is 11.6 Å². The topological polar surface area (TPSA) is 41.3 Å². The molecule has 0 aliphatic carbocycles. The highest BCUT2D eigenvalue weighted by atomic mass is 19.4. The molecular formula is C15H24F3N3. The van der Waals surface area contributed by atoms with Gasteiger partial charge in [0.15, 0.2) is 0 Å². The van der Waals surface area contributed by atoms with Crippen LogP contribution in [0.4, 0.5) is 13.2 Å². The second kappa shape index (κ2) is 6.34. The first-order valence-corrected chi connectivity index (χ1v) is 6.89. The summed E-state index contributed by atoms with van der Waals surface area (Å²) in [6, 6.07) is 3.53. The van der Waals surface area contributed by atoms with E-state index in [2.05, 4.69) is 5.43 Å². The van der Waals surface area contributed by atoms with Gasteiger partial charge in [-0.15, -0.1) is 0 Å². The van der Waals surface area contributed by atoms with Gasteiger partial charge in [-0.2, -0.15) is 13.2 Å². The van der Waals surface area contributed by atoms with Crippen LogP contribution in [-0.4, -0.2) is 24.5 Å². The number of nitrogens with two attached hydrogens (primary N) is 1. The number of likely N-dealkylation sites (N-methyl/N-ethyl adjacent to an activating group) is 1. The van der Waals surface area contributed by atoms with E-state index in [9.17, 15) is 13.2 Å². The first-order valence-electron chi connectivity index (χ1n) is 6.89. The first-order chi connectivity index (χ1) is 9.57. The Morgan fingerprint density at radius 1 is 1.29 bits per heavy atom. The Hall–Kier alpha value is -1.11. The lowest BCUT2D eigenvalue weighted by molar-refractivity contribution is -0.137. The predicted molar refractivity (Wildman–Crippen MR) is 78.6 cm³/mol. The van der Waals surface area contributed by atoms with E-state index in [4.69, 9.17) is 5.84 Å². The lowest BCUT2D eigenvalue weighted by atomic mass is 9.82. The molecular weight excluding hydrogens is 279 g/mol. The number of halogens is 3. The average Bonchev–Trinajstić information content (AvgIpc) is 2.39. The standard InChI is InChI=1S/C15H24F3N3/c1-6-14(3,21(4)5)13(20-19)12-8-7-11(9-10(12)2)15(16,17)18/h7-9,13,20H,6,19H2,1-5H3. The van der Waals surface area contributed by atoms with Crippen LogP contribution in [0, 0.1) is 6.92 Å². The van der Waals surface area contributed by atoms with E-state index < -0.39 is 11.7 Å². The van der Waals surface area contributed by atoms with Crippen LogP contribution >= 0.6 is 0 Å². The summed E-state index contributed by atoms with van der Waals surface area (Å²) in [5.41, 5.74) is 3.18. The van der Waals surface area contributed by atoms with Gasteiger partial charge in [-0.25, -0.2) is 0 Å². The molecule has 3 nitrogen and oxygen atoms in total. The molecule has 1 aromatic rings. The number of hydrazine groups is 1. The SMILES string of the molecule is CCC(C)(C(NN)c1ccc(C(F)(F)F)cc1C)N(C)C. The van der Waals surface area contributed by atoms with E-state index in [1.165, 1.54) is 12.1 Å². The minimum atomic E-state index is -4.33. The highest BCUT2D eigenvalue weighted by Gasteiger charge is 2.37. The number of rotatable bonds is 5. The third kappa shape index (κ3) is 3.56. The van der Waals surface area contributed by atoms with Gasteiger partial charge in [0.2, 0.25) is 0 Å². The van der Waals surface area contributed by atoms with Gasteiger partial charge >= 0.3 is 6.18 Å². The van der Waals surface area contributed by atoms with Crippen LogP contribution in [0.2, 0.25) is 0 Å². The molecule has 3 N–H and O–H groups in total. The van der Waals surface area contributed by atoms with Crippen molar-refractivity contribution >= 4 is 0 Å². The predicted octanol–water partition coefficient (Wildman–Crippen LogP) is 3.25. The molecule has 1 rings (SSSR count). The fraction of sp³-hybridized carbons (Fsp3) is 0.600. The smallest absolute Gasteiger partial charge is 0.302 e. The maximum absolute atomic E-state index is 12.8. The summed E-state index contributed by atoms with van der Waals surface area (Å²) in [5.74, 6) is 5.70. The van der Waals surface area contributed by atoms with E-state index in [0.29, 0.717) is 5.56 Å². The van der Waals surface area contributed by atoms with Gasteiger partial charge in [-0.3, -0.25) is 11.3 Å². The molecule has 21 heavy (non-hydrogen) atoms. The fourth-order valence-electron chi connectivity index (χ4n) is 2.56. The van der Waals surface area contributed by atoms with Crippen molar-refractivity contribution in [2.45, 2.75) is 44.9 Å². The van der Waals surface area contributed by atoms with Crippen molar-refractivity contribution in [2.24, 2.45) is 5.84 Å². The first kappa shape index (κ1) is 17.9. The zero-order chi connectivity index (χ0) is 16.4. The van der Waals surface area contributed by atoms with Gasteiger partial charge in [-0.1, -0.05) is 13.0 Å². The summed E-state index contributed by atoms with van der Waals surface area (Å²) in [4.78, 5) is 2.04. The fourth-order valence-corrected chi connectivity index (χ4v) is 2.56. The monoisotopic (exact) mass is 303 g/mol. The number of aryl methyl sites for hydroxylation is 1. The Kier molecular flexibility index (Phi) is 5.41. The number of nitrogens with one attached hydrogen (secondary N) is 1. The highest BCUT2D eigenvalue weighted by Crippen LogP contribution is 2.36. The molecule has 0 saturated heterocycles. The molecule has 0 fully saturated rings. The summed E-state index contributed by atoms with van der Waals surface area (Å²) in [6.45, 7) is 5.75. The molecule has 0 aromatic heterocycles. The number of benzene rings is 1. The molecule has 0 saturated carbocycles. The molecule has 0 aliphatic rings. The molecule has 2 atom stereocenters. The summed E-state index contributed by atoms with van der Waals surface area (Å²) in [6.07, 6.45) is -3.53. The molecule has 2 unspecified atom stereocenters. The van der Waals surface area contributed by atoms with Crippen molar-refractivity contribution in [3.05, 3.63) is 34.9 Å². The Balaban J connectivity index is 3.30. The lowest BCUT2D eigenvalue weighted by Gasteiger charge is -2.43. The van der Waals surface area contributed by atoms with E-state index in [1.807, 2.05) is 32.8 Å². The highest BCUT2D eigenvalue weighted by molar-refractivity contribution is 5.36. The molecule has 1 aromatic carbocycles. The van der Waals surface area contributed by atoms with Gasteiger partial charge in [0.05, 0.1) is 11.6 Å². The summed E-state index contributed by atoms with van der Waals surface area (Å²) in [5, 5.41) is 0. The number of hydrogen-bond donors (Lipinski definition) is 2. The molecule has 0 aliphatic heterocycles. The van der Waals surface area contributed by atoms with Crippen molar-refractivity contribution in [2.75, 3.05) is 14.1 Å². The largest absolute Gasteiger partial charge is 0.416 e. The molecule has 0 spiro atoms. The zero-order valence-corrected chi connectivity index (χ0v) is 13.2. The zero-order valence-electron chi connectivity index (χ0n) is 13.2. The lowest BCUT2D eigenvalue weighted by Crippen LogP contribution is -2.53. The number of nitrogens with zero attached hydrogens (tertiary/aromatic N) is 1. The van der Waals surface area contributed by atoms with E-state index in [0.717, 1.165) is 18.1 Å². The van der Waals surface area contributed by atoms with Crippen LogP contribution in [0.25, 0.3) is 0 Å². The second-order valence-corrected chi connectivity index (χ2v) is 5.77. The second-order valence-electron chi connectivity index (χ2n) is 5.77. The van der Waals surface area contributed by atoms with Gasteiger partial charge in [0.25, 0.3) is 0 Å². The van der Waals surface area contributed by atoms with E-state index in [1.54, 1.807) is 6.92 Å². The molecule has 0 radical (unpaired) electrons. The van der Waals surface area contributed by atoms with Crippen LogP contribution in [0.3, 0.4) is 0 Å². The normalized spacial score (nSPS) is 16.9. The van der Waals surface area contributed by atoms with Crippen LogP contribution in [0.15, 0.2) is 18.2 Å². The Labute approximate surface area is 124 Å². The molecule has 0 heterocycles. The van der Waals surface area contributed by atoms with Gasteiger partial charge in [0, 0.05) is 5.54 Å².